The summed E-state index contributed by atoms with van der Waals surface area (Å²) in [5.74, 6) is 0.837. The van der Waals surface area contributed by atoms with Crippen molar-refractivity contribution in [1.29, 1.82) is 0 Å². The van der Waals surface area contributed by atoms with E-state index < -0.39 is 0 Å². The molecule has 0 radical (unpaired) electrons. The first-order valence-electron chi connectivity index (χ1n) is 6.27. The Balaban J connectivity index is 4.00. The zero-order valence-corrected chi connectivity index (χ0v) is 10.8. The molecule has 1 atom stereocenters. The van der Waals surface area contributed by atoms with E-state index >= 15 is 0 Å². The summed E-state index contributed by atoms with van der Waals surface area (Å²) in [5, 5.41) is 3.45. The first-order valence-corrected chi connectivity index (χ1v) is 6.27. The van der Waals surface area contributed by atoms with E-state index in [4.69, 9.17) is 0 Å². The fourth-order valence-corrected chi connectivity index (χ4v) is 2.06. The molecule has 0 saturated heterocycles. The monoisotopic (exact) mass is 199 g/mol. The van der Waals surface area contributed by atoms with Crippen LogP contribution in [0.3, 0.4) is 0 Å². The molecule has 0 heterocycles. The molecule has 0 aromatic rings. The normalized spacial score (nSPS) is 14.4. The number of unbranched alkanes of at least 4 members (excludes halogenated alkanes) is 2. The van der Waals surface area contributed by atoms with Crippen molar-refractivity contribution >= 4 is 0 Å². The van der Waals surface area contributed by atoms with Crippen molar-refractivity contribution in [2.45, 2.75) is 71.8 Å². The van der Waals surface area contributed by atoms with Crippen LogP contribution < -0.4 is 5.32 Å². The van der Waals surface area contributed by atoms with Crippen LogP contribution in [0.1, 0.15) is 66.2 Å². The molecule has 0 amide bonds. The topological polar surface area (TPSA) is 12.0 Å². The molecule has 1 heteroatoms. The van der Waals surface area contributed by atoms with Crippen LogP contribution in [-0.2, 0) is 0 Å². The minimum atomic E-state index is 0.309. The highest BCUT2D eigenvalue weighted by Gasteiger charge is 2.25. The second-order valence-corrected chi connectivity index (χ2v) is 4.95. The van der Waals surface area contributed by atoms with Gasteiger partial charge in [0.1, 0.15) is 0 Å². The summed E-state index contributed by atoms with van der Waals surface area (Å²) in [6.45, 7) is 9.23. The lowest BCUT2D eigenvalue weighted by Gasteiger charge is -2.34. The fourth-order valence-electron chi connectivity index (χ4n) is 2.06. The lowest BCUT2D eigenvalue weighted by atomic mass is 9.80. The Kier molecular flexibility index (Phi) is 7.26. The van der Waals surface area contributed by atoms with Gasteiger partial charge in [-0.1, -0.05) is 39.5 Å². The lowest BCUT2D eigenvalue weighted by molar-refractivity contribution is 0.232. The summed E-state index contributed by atoms with van der Waals surface area (Å²) in [6, 6.07) is 0. The third-order valence-corrected chi connectivity index (χ3v) is 3.46. The summed E-state index contributed by atoms with van der Waals surface area (Å²) < 4.78 is 0. The molecule has 1 nitrogen and oxygen atoms in total. The van der Waals surface area contributed by atoms with Gasteiger partial charge in [-0.3, -0.25) is 0 Å². The average Bonchev–Trinajstić information content (AvgIpc) is 2.17. The van der Waals surface area contributed by atoms with E-state index in [0.717, 1.165) is 5.92 Å². The Morgan fingerprint density at radius 2 is 1.64 bits per heavy atom. The highest BCUT2D eigenvalue weighted by atomic mass is 14.9. The predicted molar refractivity (Wildman–Crippen MR) is 65.7 cm³/mol. The molecule has 0 aromatic heterocycles. The predicted octanol–water partition coefficient (Wildman–Crippen LogP) is 3.98. The highest BCUT2D eigenvalue weighted by molar-refractivity contribution is 4.84. The molecule has 0 fully saturated rings. The molecule has 0 aliphatic rings. The van der Waals surface area contributed by atoms with Gasteiger partial charge in [-0.2, -0.15) is 0 Å². The maximum absolute atomic E-state index is 3.45. The van der Waals surface area contributed by atoms with Gasteiger partial charge >= 0.3 is 0 Å². The third kappa shape index (κ3) is 4.99. The Bertz CT molecular complexity index is 129. The zero-order chi connectivity index (χ0) is 11.0. The van der Waals surface area contributed by atoms with Crippen molar-refractivity contribution in [2.75, 3.05) is 7.05 Å². The van der Waals surface area contributed by atoms with Gasteiger partial charge in [0.05, 0.1) is 0 Å². The summed E-state index contributed by atoms with van der Waals surface area (Å²) in [7, 11) is 2.09. The van der Waals surface area contributed by atoms with Crippen molar-refractivity contribution in [1.82, 2.24) is 5.32 Å². The Hall–Kier alpha value is -0.0400. The molecule has 0 rings (SSSR count). The van der Waals surface area contributed by atoms with Crippen LogP contribution >= 0.6 is 0 Å². The fraction of sp³-hybridized carbons (Fsp3) is 1.00. The molecule has 1 N–H and O–H groups in total. The average molecular weight is 199 g/mol. The second kappa shape index (κ2) is 7.28. The first-order chi connectivity index (χ1) is 6.58. The molecule has 0 saturated carbocycles. The quantitative estimate of drug-likeness (QED) is 0.583. The second-order valence-electron chi connectivity index (χ2n) is 4.95. The van der Waals surface area contributed by atoms with Gasteiger partial charge in [0.2, 0.25) is 0 Å². The van der Waals surface area contributed by atoms with E-state index in [0.29, 0.717) is 5.54 Å². The molecular weight excluding hydrogens is 170 g/mol. The molecule has 14 heavy (non-hydrogen) atoms. The molecule has 0 aromatic carbocycles. The van der Waals surface area contributed by atoms with Gasteiger partial charge in [-0.15, -0.1) is 0 Å². The van der Waals surface area contributed by atoms with E-state index in [1.165, 1.54) is 38.5 Å². The van der Waals surface area contributed by atoms with Gasteiger partial charge < -0.3 is 5.32 Å². The van der Waals surface area contributed by atoms with E-state index in [1.807, 2.05) is 0 Å². The Morgan fingerprint density at radius 1 is 1.00 bits per heavy atom. The van der Waals surface area contributed by atoms with Crippen molar-refractivity contribution in [2.24, 2.45) is 5.92 Å². The first kappa shape index (κ1) is 14.0. The minimum Gasteiger partial charge on any atom is -0.315 e. The zero-order valence-electron chi connectivity index (χ0n) is 10.8. The van der Waals surface area contributed by atoms with Crippen LogP contribution in [0.25, 0.3) is 0 Å². The number of hydrogen-bond acceptors (Lipinski definition) is 1. The van der Waals surface area contributed by atoms with Crippen LogP contribution in [-0.4, -0.2) is 12.6 Å². The number of rotatable bonds is 8. The SMILES string of the molecule is CCCCCC(CCC)C(C)(C)NC. The van der Waals surface area contributed by atoms with Gasteiger partial charge in [0.25, 0.3) is 0 Å². The van der Waals surface area contributed by atoms with E-state index in [9.17, 15) is 0 Å². The maximum atomic E-state index is 3.45. The van der Waals surface area contributed by atoms with E-state index in [-0.39, 0.29) is 0 Å². The minimum absolute atomic E-state index is 0.309. The summed E-state index contributed by atoms with van der Waals surface area (Å²) in [5.41, 5.74) is 0.309. The van der Waals surface area contributed by atoms with Crippen molar-refractivity contribution in [3.8, 4) is 0 Å². The summed E-state index contributed by atoms with van der Waals surface area (Å²) in [4.78, 5) is 0. The Labute approximate surface area is 90.7 Å². The molecule has 0 aliphatic heterocycles. The molecule has 0 spiro atoms. The van der Waals surface area contributed by atoms with E-state index in [2.05, 4.69) is 40.1 Å². The van der Waals surface area contributed by atoms with Crippen molar-refractivity contribution < 1.29 is 0 Å². The van der Waals surface area contributed by atoms with Crippen LogP contribution in [0.2, 0.25) is 0 Å². The lowest BCUT2D eigenvalue weighted by Crippen LogP contribution is -2.43. The van der Waals surface area contributed by atoms with Crippen molar-refractivity contribution in [3.05, 3.63) is 0 Å². The molecule has 0 bridgehead atoms. The standard InChI is InChI=1S/C13H29N/c1-6-8-9-11-12(10-7-2)13(3,4)14-5/h12,14H,6-11H2,1-5H3. The van der Waals surface area contributed by atoms with Crippen molar-refractivity contribution in [3.63, 3.8) is 0 Å². The molecule has 86 valence electrons. The van der Waals surface area contributed by atoms with Crippen LogP contribution in [0.15, 0.2) is 0 Å². The molecule has 0 aliphatic carbocycles. The summed E-state index contributed by atoms with van der Waals surface area (Å²) >= 11 is 0. The van der Waals surface area contributed by atoms with Gasteiger partial charge in [0.15, 0.2) is 0 Å². The highest BCUT2D eigenvalue weighted by Crippen LogP contribution is 2.26. The van der Waals surface area contributed by atoms with Gasteiger partial charge in [0, 0.05) is 5.54 Å². The van der Waals surface area contributed by atoms with Crippen LogP contribution in [0.4, 0.5) is 0 Å². The summed E-state index contributed by atoms with van der Waals surface area (Å²) in [6.07, 6.45) is 8.17. The van der Waals surface area contributed by atoms with Gasteiger partial charge in [-0.05, 0) is 39.7 Å². The van der Waals surface area contributed by atoms with Crippen LogP contribution in [0.5, 0.6) is 0 Å². The maximum Gasteiger partial charge on any atom is 0.0150 e. The largest absolute Gasteiger partial charge is 0.315 e. The number of nitrogens with one attached hydrogen (secondary N) is 1. The molecule has 1 unspecified atom stereocenters. The molecular formula is C13H29N. The number of hydrogen-bond donors (Lipinski definition) is 1. The van der Waals surface area contributed by atoms with E-state index in [1.54, 1.807) is 0 Å². The smallest absolute Gasteiger partial charge is 0.0150 e. The van der Waals surface area contributed by atoms with Crippen LogP contribution in [0, 0.1) is 5.92 Å². The Morgan fingerprint density at radius 3 is 2.07 bits per heavy atom. The third-order valence-electron chi connectivity index (χ3n) is 3.46. The van der Waals surface area contributed by atoms with Gasteiger partial charge in [-0.25, -0.2) is 0 Å².